The maximum atomic E-state index is 5.03. The first kappa shape index (κ1) is 10.2. The minimum absolute atomic E-state index is 0.674. The van der Waals surface area contributed by atoms with Crippen LogP contribution in [0.3, 0.4) is 0 Å². The van der Waals surface area contributed by atoms with Crippen molar-refractivity contribution in [1.29, 1.82) is 0 Å². The van der Waals surface area contributed by atoms with E-state index >= 15 is 0 Å². The molecule has 0 aliphatic rings. The second-order valence-electron chi connectivity index (χ2n) is 2.43. The first-order valence-corrected chi connectivity index (χ1v) is 5.26. The molecule has 70 valence electrons. The van der Waals surface area contributed by atoms with Crippen molar-refractivity contribution in [3.63, 3.8) is 0 Å². The van der Waals surface area contributed by atoms with Crippen LogP contribution in [0.4, 0.5) is 0 Å². The quantitative estimate of drug-likeness (QED) is 0.589. The third kappa shape index (κ3) is 4.05. The summed E-state index contributed by atoms with van der Waals surface area (Å²) in [6, 6.07) is 4.11. The van der Waals surface area contributed by atoms with Crippen LogP contribution >= 0.6 is 23.6 Å². The zero-order chi connectivity index (χ0) is 9.52. The van der Waals surface area contributed by atoms with Crippen LogP contribution in [-0.2, 0) is 6.54 Å². The molecule has 0 fully saturated rings. The summed E-state index contributed by atoms with van der Waals surface area (Å²) in [4.78, 5) is 1.28. The fourth-order valence-corrected chi connectivity index (χ4v) is 1.61. The first-order valence-electron chi connectivity index (χ1n) is 3.98. The van der Waals surface area contributed by atoms with Crippen LogP contribution < -0.4 is 10.6 Å². The van der Waals surface area contributed by atoms with Crippen molar-refractivity contribution in [2.75, 3.05) is 6.54 Å². The van der Waals surface area contributed by atoms with E-state index in [-0.39, 0.29) is 0 Å². The second kappa shape index (κ2) is 5.72. The van der Waals surface area contributed by atoms with E-state index in [2.05, 4.69) is 28.7 Å². The Morgan fingerprint density at radius 2 is 2.46 bits per heavy atom. The molecule has 0 spiro atoms. The average molecular weight is 212 g/mol. The molecule has 13 heavy (non-hydrogen) atoms. The van der Waals surface area contributed by atoms with E-state index in [1.54, 1.807) is 17.4 Å². The van der Waals surface area contributed by atoms with Gasteiger partial charge in [0.1, 0.15) is 0 Å². The van der Waals surface area contributed by atoms with Crippen LogP contribution in [0, 0.1) is 0 Å². The van der Waals surface area contributed by atoms with E-state index in [9.17, 15) is 0 Å². The Morgan fingerprint density at radius 3 is 3.08 bits per heavy atom. The van der Waals surface area contributed by atoms with Crippen molar-refractivity contribution in [2.45, 2.75) is 6.54 Å². The smallest absolute Gasteiger partial charge is 0.166 e. The summed E-state index contributed by atoms with van der Waals surface area (Å²) >= 11 is 6.75. The van der Waals surface area contributed by atoms with Crippen molar-refractivity contribution in [3.8, 4) is 0 Å². The Morgan fingerprint density at radius 1 is 1.62 bits per heavy atom. The molecule has 2 nitrogen and oxygen atoms in total. The van der Waals surface area contributed by atoms with Crippen molar-refractivity contribution < 1.29 is 0 Å². The largest absolute Gasteiger partial charge is 0.359 e. The summed E-state index contributed by atoms with van der Waals surface area (Å²) in [5.74, 6) is 0. The van der Waals surface area contributed by atoms with E-state index < -0.39 is 0 Å². The molecule has 0 amide bonds. The van der Waals surface area contributed by atoms with Gasteiger partial charge in [-0.3, -0.25) is 0 Å². The first-order chi connectivity index (χ1) is 6.33. The van der Waals surface area contributed by atoms with E-state index in [1.165, 1.54) is 4.88 Å². The Hall–Kier alpha value is -0.870. The number of hydrogen-bond donors (Lipinski definition) is 2. The Bertz CT molecular complexity index is 267. The molecule has 0 radical (unpaired) electrons. The van der Waals surface area contributed by atoms with Crippen LogP contribution in [0.1, 0.15) is 4.88 Å². The predicted molar refractivity (Wildman–Crippen MR) is 62.0 cm³/mol. The highest BCUT2D eigenvalue weighted by atomic mass is 32.1. The van der Waals surface area contributed by atoms with Gasteiger partial charge in [0.15, 0.2) is 5.11 Å². The third-order valence-corrected chi connectivity index (χ3v) is 2.58. The van der Waals surface area contributed by atoms with E-state index in [1.807, 2.05) is 6.07 Å². The molecule has 1 aromatic rings. The molecule has 0 unspecified atom stereocenters. The molecular weight excluding hydrogens is 200 g/mol. The lowest BCUT2D eigenvalue weighted by atomic mass is 10.5. The van der Waals surface area contributed by atoms with Crippen LogP contribution in [-0.4, -0.2) is 11.7 Å². The SMILES string of the molecule is C=CCNC(=S)NCc1cccs1. The summed E-state index contributed by atoms with van der Waals surface area (Å²) in [7, 11) is 0. The second-order valence-corrected chi connectivity index (χ2v) is 3.87. The summed E-state index contributed by atoms with van der Waals surface area (Å²) in [5, 5.41) is 8.83. The van der Waals surface area contributed by atoms with Gasteiger partial charge in [0.05, 0.1) is 6.54 Å². The van der Waals surface area contributed by atoms with Crippen molar-refractivity contribution in [3.05, 3.63) is 35.0 Å². The molecule has 0 saturated carbocycles. The van der Waals surface area contributed by atoms with E-state index in [0.717, 1.165) is 6.54 Å². The highest BCUT2D eigenvalue weighted by Crippen LogP contribution is 2.06. The van der Waals surface area contributed by atoms with Gasteiger partial charge in [-0.05, 0) is 23.7 Å². The average Bonchev–Trinajstić information content (AvgIpc) is 2.64. The van der Waals surface area contributed by atoms with Gasteiger partial charge in [-0.1, -0.05) is 12.1 Å². The molecule has 0 saturated heterocycles. The lowest BCUT2D eigenvalue weighted by Gasteiger charge is -2.06. The number of hydrogen-bond acceptors (Lipinski definition) is 2. The zero-order valence-corrected chi connectivity index (χ0v) is 8.88. The number of thiophene rings is 1. The van der Waals surface area contributed by atoms with Crippen molar-refractivity contribution in [1.82, 2.24) is 10.6 Å². The number of rotatable bonds is 4. The number of thiocarbonyl (C=S) groups is 1. The fraction of sp³-hybridized carbons (Fsp3) is 0.222. The summed E-state index contributed by atoms with van der Waals surface area (Å²) in [5.41, 5.74) is 0. The van der Waals surface area contributed by atoms with Crippen molar-refractivity contribution >= 4 is 28.7 Å². The van der Waals surface area contributed by atoms with Crippen LogP contribution in [0.25, 0.3) is 0 Å². The topological polar surface area (TPSA) is 24.1 Å². The van der Waals surface area contributed by atoms with Gasteiger partial charge < -0.3 is 10.6 Å². The zero-order valence-electron chi connectivity index (χ0n) is 7.25. The molecule has 0 aromatic carbocycles. The van der Waals surface area contributed by atoms with E-state index in [0.29, 0.717) is 11.7 Å². The molecule has 0 aliphatic carbocycles. The Balaban J connectivity index is 2.19. The third-order valence-electron chi connectivity index (χ3n) is 1.41. The normalized spacial score (nSPS) is 9.23. The molecule has 1 heterocycles. The Labute approximate surface area is 87.7 Å². The van der Waals surface area contributed by atoms with Gasteiger partial charge in [-0.15, -0.1) is 17.9 Å². The van der Waals surface area contributed by atoms with Crippen LogP contribution in [0.2, 0.25) is 0 Å². The molecule has 1 aromatic heterocycles. The van der Waals surface area contributed by atoms with Gasteiger partial charge in [0.2, 0.25) is 0 Å². The van der Waals surface area contributed by atoms with Crippen molar-refractivity contribution in [2.24, 2.45) is 0 Å². The fourth-order valence-electron chi connectivity index (χ4n) is 0.808. The van der Waals surface area contributed by atoms with Gasteiger partial charge in [-0.2, -0.15) is 0 Å². The molecule has 0 bridgehead atoms. The summed E-state index contributed by atoms with van der Waals surface area (Å²) in [6.45, 7) is 5.09. The molecule has 0 aliphatic heterocycles. The monoisotopic (exact) mass is 212 g/mol. The highest BCUT2D eigenvalue weighted by Gasteiger charge is 1.94. The lowest BCUT2D eigenvalue weighted by Crippen LogP contribution is -2.34. The van der Waals surface area contributed by atoms with Gasteiger partial charge in [0, 0.05) is 11.4 Å². The molecule has 4 heteroatoms. The van der Waals surface area contributed by atoms with E-state index in [4.69, 9.17) is 12.2 Å². The van der Waals surface area contributed by atoms with Gasteiger partial charge in [0.25, 0.3) is 0 Å². The maximum Gasteiger partial charge on any atom is 0.166 e. The lowest BCUT2D eigenvalue weighted by molar-refractivity contribution is 0.885. The molecular formula is C9H12N2S2. The highest BCUT2D eigenvalue weighted by molar-refractivity contribution is 7.80. The molecule has 2 N–H and O–H groups in total. The minimum Gasteiger partial charge on any atom is -0.359 e. The van der Waals surface area contributed by atoms with Gasteiger partial charge >= 0.3 is 0 Å². The van der Waals surface area contributed by atoms with Crippen LogP contribution in [0.5, 0.6) is 0 Å². The van der Waals surface area contributed by atoms with Crippen LogP contribution in [0.15, 0.2) is 30.2 Å². The maximum absolute atomic E-state index is 5.03. The Kier molecular flexibility index (Phi) is 4.49. The summed E-state index contributed by atoms with van der Waals surface area (Å²) < 4.78 is 0. The predicted octanol–water partition coefficient (Wildman–Crippen LogP) is 1.90. The summed E-state index contributed by atoms with van der Waals surface area (Å²) in [6.07, 6.45) is 1.78. The molecule has 1 rings (SSSR count). The van der Waals surface area contributed by atoms with Gasteiger partial charge in [-0.25, -0.2) is 0 Å². The minimum atomic E-state index is 0.674. The molecule has 0 atom stereocenters. The number of nitrogens with one attached hydrogen (secondary N) is 2. The standard InChI is InChI=1S/C9H12N2S2/c1-2-5-10-9(12)11-7-8-4-3-6-13-8/h2-4,6H,1,5,7H2,(H2,10,11,12).